The van der Waals surface area contributed by atoms with Crippen LogP contribution in [0.2, 0.25) is 0 Å². The second-order valence-electron chi connectivity index (χ2n) is 2.89. The summed E-state index contributed by atoms with van der Waals surface area (Å²) in [6.45, 7) is 7.01. The minimum Gasteiger partial charge on any atom is -0.374 e. The van der Waals surface area contributed by atoms with Crippen molar-refractivity contribution in [3.63, 3.8) is 0 Å². The zero-order valence-electron chi connectivity index (χ0n) is 7.72. The predicted molar refractivity (Wildman–Crippen MR) is 45.6 cm³/mol. The van der Waals surface area contributed by atoms with Crippen molar-refractivity contribution in [2.45, 2.75) is 33.6 Å². The third-order valence-electron chi connectivity index (χ3n) is 1.74. The van der Waals surface area contributed by atoms with Crippen molar-refractivity contribution < 1.29 is 9.53 Å². The average molecular weight is 158 g/mol. The van der Waals surface area contributed by atoms with E-state index in [1.54, 1.807) is 0 Å². The van der Waals surface area contributed by atoms with E-state index in [-0.39, 0.29) is 5.78 Å². The van der Waals surface area contributed by atoms with E-state index in [0.29, 0.717) is 25.6 Å². The van der Waals surface area contributed by atoms with E-state index in [1.165, 1.54) is 0 Å². The predicted octanol–water partition coefficient (Wildman–Crippen LogP) is 2.03. The topological polar surface area (TPSA) is 26.3 Å². The highest BCUT2D eigenvalue weighted by atomic mass is 16.5. The molecule has 0 rings (SSSR count). The smallest absolute Gasteiger partial charge is 0.158 e. The average Bonchev–Trinajstić information content (AvgIpc) is 2.00. The van der Waals surface area contributed by atoms with Gasteiger partial charge in [-0.15, -0.1) is 0 Å². The molecular formula is C9H18O2. The van der Waals surface area contributed by atoms with Crippen molar-refractivity contribution in [1.29, 1.82) is 0 Å². The number of hydrogen-bond acceptors (Lipinski definition) is 2. The first-order chi connectivity index (χ1) is 5.20. The molecular weight excluding hydrogens is 140 g/mol. The van der Waals surface area contributed by atoms with E-state index in [0.717, 1.165) is 6.42 Å². The summed E-state index contributed by atoms with van der Waals surface area (Å²) < 4.78 is 4.99. The molecule has 0 N–H and O–H groups in total. The molecule has 0 aliphatic heterocycles. The molecule has 0 saturated heterocycles. The van der Waals surface area contributed by atoms with Crippen LogP contribution < -0.4 is 0 Å². The molecule has 0 aromatic heterocycles. The molecule has 1 unspecified atom stereocenters. The Labute approximate surface area is 68.9 Å². The van der Waals surface area contributed by atoms with Crippen molar-refractivity contribution >= 4 is 5.78 Å². The second kappa shape index (κ2) is 6.35. The number of ketones is 1. The lowest BCUT2D eigenvalue weighted by atomic mass is 10.0. The summed E-state index contributed by atoms with van der Waals surface area (Å²) in [5.41, 5.74) is 0. The van der Waals surface area contributed by atoms with Gasteiger partial charge in [-0.2, -0.15) is 0 Å². The molecule has 0 heterocycles. The van der Waals surface area contributed by atoms with Gasteiger partial charge in [0.1, 0.15) is 6.61 Å². The second-order valence-corrected chi connectivity index (χ2v) is 2.89. The lowest BCUT2D eigenvalue weighted by Crippen LogP contribution is -2.11. The van der Waals surface area contributed by atoms with Crippen molar-refractivity contribution in [3.8, 4) is 0 Å². The Hall–Kier alpha value is -0.370. The maximum Gasteiger partial charge on any atom is 0.158 e. The molecule has 66 valence electrons. The van der Waals surface area contributed by atoms with E-state index in [2.05, 4.69) is 13.8 Å². The van der Waals surface area contributed by atoms with Gasteiger partial charge in [0, 0.05) is 13.0 Å². The normalized spacial score (nSPS) is 13.0. The van der Waals surface area contributed by atoms with E-state index >= 15 is 0 Å². The highest BCUT2D eigenvalue weighted by molar-refractivity contribution is 5.79. The Morgan fingerprint density at radius 2 is 2.09 bits per heavy atom. The Balaban J connectivity index is 3.36. The summed E-state index contributed by atoms with van der Waals surface area (Å²) in [6.07, 6.45) is 1.73. The SMILES string of the molecule is CCOCC(=O)CC(C)CC. The highest BCUT2D eigenvalue weighted by Crippen LogP contribution is 2.06. The molecule has 0 aromatic rings. The molecule has 1 atom stereocenters. The van der Waals surface area contributed by atoms with Crippen LogP contribution >= 0.6 is 0 Å². The summed E-state index contributed by atoms with van der Waals surface area (Å²) >= 11 is 0. The number of carbonyl (C=O) groups is 1. The molecule has 2 nitrogen and oxygen atoms in total. The Morgan fingerprint density at radius 1 is 1.45 bits per heavy atom. The third-order valence-corrected chi connectivity index (χ3v) is 1.74. The van der Waals surface area contributed by atoms with Crippen LogP contribution in [-0.2, 0) is 9.53 Å². The van der Waals surface area contributed by atoms with E-state index in [4.69, 9.17) is 4.74 Å². The van der Waals surface area contributed by atoms with Gasteiger partial charge >= 0.3 is 0 Å². The van der Waals surface area contributed by atoms with Crippen LogP contribution in [0.4, 0.5) is 0 Å². The van der Waals surface area contributed by atoms with Gasteiger partial charge in [-0.25, -0.2) is 0 Å². The number of carbonyl (C=O) groups excluding carboxylic acids is 1. The fraction of sp³-hybridized carbons (Fsp3) is 0.889. The van der Waals surface area contributed by atoms with Gasteiger partial charge in [0.25, 0.3) is 0 Å². The lowest BCUT2D eigenvalue weighted by Gasteiger charge is -2.06. The summed E-state index contributed by atoms with van der Waals surface area (Å²) in [7, 11) is 0. The van der Waals surface area contributed by atoms with Gasteiger partial charge in [0.05, 0.1) is 0 Å². The molecule has 0 aliphatic carbocycles. The van der Waals surface area contributed by atoms with Gasteiger partial charge in [-0.1, -0.05) is 20.3 Å². The third kappa shape index (κ3) is 6.05. The lowest BCUT2D eigenvalue weighted by molar-refractivity contribution is -0.124. The maximum absolute atomic E-state index is 11.0. The first-order valence-electron chi connectivity index (χ1n) is 4.30. The largest absolute Gasteiger partial charge is 0.374 e. The van der Waals surface area contributed by atoms with E-state index in [1.807, 2.05) is 6.92 Å². The van der Waals surface area contributed by atoms with Crippen LogP contribution in [0.25, 0.3) is 0 Å². The maximum atomic E-state index is 11.0. The molecule has 0 saturated carbocycles. The number of hydrogen-bond donors (Lipinski definition) is 0. The first kappa shape index (κ1) is 10.6. The molecule has 0 fully saturated rings. The molecule has 0 bridgehead atoms. The van der Waals surface area contributed by atoms with Gasteiger partial charge in [0.15, 0.2) is 5.78 Å². The Bertz CT molecular complexity index is 110. The van der Waals surface area contributed by atoms with Crippen molar-refractivity contribution in [3.05, 3.63) is 0 Å². The van der Waals surface area contributed by atoms with Crippen LogP contribution in [0.1, 0.15) is 33.6 Å². The Kier molecular flexibility index (Phi) is 6.13. The van der Waals surface area contributed by atoms with Gasteiger partial charge in [0.2, 0.25) is 0 Å². The summed E-state index contributed by atoms with van der Waals surface area (Å²) in [5.74, 6) is 0.726. The fourth-order valence-electron chi connectivity index (χ4n) is 0.808. The fourth-order valence-corrected chi connectivity index (χ4v) is 0.808. The van der Waals surface area contributed by atoms with Gasteiger partial charge < -0.3 is 4.74 Å². The zero-order valence-corrected chi connectivity index (χ0v) is 7.72. The minimum absolute atomic E-state index is 0.223. The Morgan fingerprint density at radius 3 is 2.55 bits per heavy atom. The van der Waals surface area contributed by atoms with Crippen LogP contribution in [0.5, 0.6) is 0 Å². The molecule has 0 aromatic carbocycles. The van der Waals surface area contributed by atoms with Crippen molar-refractivity contribution in [2.24, 2.45) is 5.92 Å². The molecule has 0 aliphatic rings. The molecule has 2 heteroatoms. The molecule has 0 radical (unpaired) electrons. The highest BCUT2D eigenvalue weighted by Gasteiger charge is 2.06. The summed E-state index contributed by atoms with van der Waals surface area (Å²) in [4.78, 5) is 11.0. The zero-order chi connectivity index (χ0) is 8.69. The van der Waals surface area contributed by atoms with Crippen molar-refractivity contribution in [2.75, 3.05) is 13.2 Å². The minimum atomic E-state index is 0.223. The first-order valence-corrected chi connectivity index (χ1v) is 4.30. The van der Waals surface area contributed by atoms with E-state index in [9.17, 15) is 4.79 Å². The van der Waals surface area contributed by atoms with Gasteiger partial charge in [-0.3, -0.25) is 4.79 Å². The van der Waals surface area contributed by atoms with Crippen LogP contribution in [-0.4, -0.2) is 19.0 Å². The molecule has 0 amide bonds. The molecule has 11 heavy (non-hydrogen) atoms. The quantitative estimate of drug-likeness (QED) is 0.591. The van der Waals surface area contributed by atoms with Crippen LogP contribution in [0.3, 0.4) is 0 Å². The van der Waals surface area contributed by atoms with Crippen LogP contribution in [0, 0.1) is 5.92 Å². The van der Waals surface area contributed by atoms with Crippen LogP contribution in [0.15, 0.2) is 0 Å². The summed E-state index contributed by atoms with van der Waals surface area (Å²) in [5, 5.41) is 0. The standard InChI is InChI=1S/C9H18O2/c1-4-8(3)6-9(10)7-11-5-2/h8H,4-7H2,1-3H3. The number of Topliss-reactive ketones (excluding diaryl/α,β-unsaturated/α-hetero) is 1. The van der Waals surface area contributed by atoms with Crippen molar-refractivity contribution in [1.82, 2.24) is 0 Å². The number of ether oxygens (including phenoxy) is 1. The summed E-state index contributed by atoms with van der Waals surface area (Å²) in [6, 6.07) is 0. The monoisotopic (exact) mass is 158 g/mol. The van der Waals surface area contributed by atoms with Gasteiger partial charge in [-0.05, 0) is 12.8 Å². The molecule has 0 spiro atoms. The van der Waals surface area contributed by atoms with E-state index < -0.39 is 0 Å². The number of rotatable bonds is 6.